The topological polar surface area (TPSA) is 335 Å². The largest absolute Gasteiger partial charge is 0.481 e. The molecule has 4 saturated heterocycles. The Balaban J connectivity index is 0.000000389. The predicted molar refractivity (Wildman–Crippen MR) is 386 cm³/mol. The quantitative estimate of drug-likeness (QED) is 0.0325. The SMILES string of the molecule is CC(=O)[C@H]1CCC[C@H](OC(C)C)C1.CC(=O)c1cc(SC(C)C)ccc1C.CC(C)OCC1(C(=O)O)CC1.CC(C)O[C@@H]1CC[C@H]2[C@@H]1OC[C@H]2O.CC(C)O[C@@H]1CO[C@@H](CO)[C@@H]1O.CC(C)O[C@H]1CO[C@H](CO)[C@@H](O)C1.CC(C)O[C@H]1CO[C@H](CO)[C@H]1O.CCC1(CO)CC(OC(C)C)C1. The number of aryl methyl sites for hydroxylation is 1. The molecule has 0 amide bonds. The molecule has 4 heterocycles. The fraction of sp³-hybridized carbons (Fsp3) is 0.882. The molecule has 8 aliphatic rings. The lowest BCUT2D eigenvalue weighted by molar-refractivity contribution is -0.160. The van der Waals surface area contributed by atoms with Gasteiger partial charge in [-0.05, 0) is 205 Å². The fourth-order valence-corrected chi connectivity index (χ4v) is 13.5. The summed E-state index contributed by atoms with van der Waals surface area (Å²) in [4.78, 5) is 34.3. The number of carbonyl (C=O) groups is 3. The van der Waals surface area contributed by atoms with E-state index in [0.29, 0.717) is 81.3 Å². The van der Waals surface area contributed by atoms with Crippen LogP contribution in [0.3, 0.4) is 0 Å². The van der Waals surface area contributed by atoms with E-state index in [1.165, 1.54) is 4.90 Å². The Kier molecular flexibility index (Phi) is 45.0. The summed E-state index contributed by atoms with van der Waals surface area (Å²) in [5, 5.41) is 82.8. The van der Waals surface area contributed by atoms with Crippen molar-refractivity contribution in [3.05, 3.63) is 29.3 Å². The second-order valence-corrected chi connectivity index (χ2v) is 31.8. The number of rotatable bonds is 25. The van der Waals surface area contributed by atoms with Crippen molar-refractivity contribution in [2.45, 2.75) is 354 Å². The summed E-state index contributed by atoms with van der Waals surface area (Å²) in [6.07, 6.45) is 9.68. The van der Waals surface area contributed by atoms with Crippen LogP contribution in [0.2, 0.25) is 0 Å². The Morgan fingerprint density at radius 1 is 0.560 bits per heavy atom. The highest BCUT2D eigenvalue weighted by atomic mass is 32.2. The Morgan fingerprint density at radius 2 is 1.05 bits per heavy atom. The van der Waals surface area contributed by atoms with E-state index in [2.05, 4.69) is 54.5 Å². The van der Waals surface area contributed by atoms with Gasteiger partial charge in [0.15, 0.2) is 5.78 Å². The Morgan fingerprint density at radius 3 is 1.46 bits per heavy atom. The summed E-state index contributed by atoms with van der Waals surface area (Å²) in [5.41, 5.74) is 1.57. The number of carbonyl (C=O) groups excluding carboxylic acids is 2. The average Bonchev–Trinajstić information content (AvgIpc) is 1.34. The van der Waals surface area contributed by atoms with Crippen LogP contribution in [-0.4, -0.2) is 256 Å². The maximum atomic E-state index is 11.3. The first-order valence-corrected chi connectivity index (χ1v) is 38.0. The van der Waals surface area contributed by atoms with Crippen molar-refractivity contribution in [1.29, 1.82) is 0 Å². The lowest BCUT2D eigenvalue weighted by Gasteiger charge is -2.46. The molecular formula is C76H138O23S. The van der Waals surface area contributed by atoms with Crippen LogP contribution in [0.15, 0.2) is 23.1 Å². The number of ether oxygens (including phenoxy) is 11. The third kappa shape index (κ3) is 34.9. The van der Waals surface area contributed by atoms with Crippen molar-refractivity contribution in [2.75, 3.05) is 59.5 Å². The molecule has 100 heavy (non-hydrogen) atoms. The lowest BCUT2D eigenvalue weighted by Crippen LogP contribution is -2.45. The van der Waals surface area contributed by atoms with Crippen LogP contribution in [0, 0.1) is 29.6 Å². The van der Waals surface area contributed by atoms with Crippen LogP contribution in [0.4, 0.5) is 0 Å². The smallest absolute Gasteiger partial charge is 0.311 e. The highest BCUT2D eigenvalue weighted by molar-refractivity contribution is 7.99. The lowest BCUT2D eigenvalue weighted by atomic mass is 9.65. The summed E-state index contributed by atoms with van der Waals surface area (Å²) in [6.45, 7) is 41.3. The Labute approximate surface area is 604 Å². The summed E-state index contributed by atoms with van der Waals surface area (Å²) in [6, 6.07) is 6.08. The van der Waals surface area contributed by atoms with Crippen molar-refractivity contribution < 1.29 is 112 Å². The van der Waals surface area contributed by atoms with Crippen LogP contribution in [0.1, 0.15) is 225 Å². The van der Waals surface area contributed by atoms with Gasteiger partial charge >= 0.3 is 5.97 Å². The molecule has 0 bridgehead atoms. The van der Waals surface area contributed by atoms with E-state index in [-0.39, 0.29) is 110 Å². The Hall–Kier alpha value is -2.38. The first-order valence-electron chi connectivity index (χ1n) is 37.1. The van der Waals surface area contributed by atoms with E-state index < -0.39 is 48.0 Å². The first kappa shape index (κ1) is 93.7. The molecule has 23 nitrogen and oxygen atoms in total. The average molecular weight is 1450 g/mol. The molecule has 0 aromatic heterocycles. The van der Waals surface area contributed by atoms with Gasteiger partial charge in [0.1, 0.15) is 48.5 Å². The van der Waals surface area contributed by atoms with E-state index in [4.69, 9.17) is 77.6 Å². The number of carboxylic acids is 1. The van der Waals surface area contributed by atoms with Gasteiger partial charge in [-0.25, -0.2) is 0 Å². The minimum absolute atomic E-state index is 0.0437. The van der Waals surface area contributed by atoms with Crippen LogP contribution in [-0.2, 0) is 61.7 Å². The molecule has 8 fully saturated rings. The van der Waals surface area contributed by atoms with Crippen molar-refractivity contribution >= 4 is 29.3 Å². The molecule has 9 rings (SSSR count). The number of carboxylic acid groups (broad SMARTS) is 1. The van der Waals surface area contributed by atoms with Gasteiger partial charge in [-0.15, -0.1) is 11.8 Å². The molecule has 15 atom stereocenters. The van der Waals surface area contributed by atoms with Crippen molar-refractivity contribution in [3.8, 4) is 0 Å². The van der Waals surface area contributed by atoms with Crippen LogP contribution < -0.4 is 0 Å². The van der Waals surface area contributed by atoms with Crippen LogP contribution in [0.25, 0.3) is 0 Å². The molecule has 4 saturated carbocycles. The zero-order valence-electron chi connectivity index (χ0n) is 64.6. The number of aliphatic hydroxyl groups is 8. The van der Waals surface area contributed by atoms with Gasteiger partial charge < -0.3 is 98.1 Å². The van der Waals surface area contributed by atoms with E-state index in [0.717, 1.165) is 81.8 Å². The van der Waals surface area contributed by atoms with Gasteiger partial charge in [0.05, 0.1) is 144 Å². The number of benzene rings is 1. The van der Waals surface area contributed by atoms with E-state index in [9.17, 15) is 34.8 Å². The number of thioether (sulfide) groups is 1. The Bertz CT molecular complexity index is 2330. The molecular weight excluding hydrogens is 1310 g/mol. The maximum Gasteiger partial charge on any atom is 0.311 e. The van der Waals surface area contributed by atoms with Gasteiger partial charge in [0.25, 0.3) is 0 Å². The number of Topliss-reactive ketones (excluding diaryl/α,β-unsaturated/α-hetero) is 2. The van der Waals surface area contributed by atoms with Gasteiger partial charge in [-0.2, -0.15) is 0 Å². The summed E-state index contributed by atoms with van der Waals surface area (Å²) in [5.74, 6) is 0.352. The van der Waals surface area contributed by atoms with Gasteiger partial charge in [-0.3, -0.25) is 14.4 Å². The third-order valence-corrected chi connectivity index (χ3v) is 19.3. The molecule has 0 spiro atoms. The van der Waals surface area contributed by atoms with Crippen molar-refractivity contribution in [3.63, 3.8) is 0 Å². The predicted octanol–water partition coefficient (Wildman–Crippen LogP) is 9.43. The van der Waals surface area contributed by atoms with E-state index in [1.807, 2.05) is 88.3 Å². The highest BCUT2D eigenvalue weighted by Gasteiger charge is 2.51. The molecule has 24 heteroatoms. The van der Waals surface area contributed by atoms with E-state index in [1.54, 1.807) is 25.6 Å². The molecule has 9 N–H and O–H groups in total. The number of aliphatic carboxylic acids is 1. The van der Waals surface area contributed by atoms with Gasteiger partial charge in [0.2, 0.25) is 0 Å². The molecule has 586 valence electrons. The normalized spacial score (nSPS) is 30.8. The summed E-state index contributed by atoms with van der Waals surface area (Å²) in [7, 11) is 0. The minimum atomic E-state index is -0.710. The molecule has 1 aromatic rings. The molecule has 0 radical (unpaired) electrons. The molecule has 4 aliphatic carbocycles. The first-order chi connectivity index (χ1) is 46.9. The second kappa shape index (κ2) is 48.0. The number of hydrogen-bond acceptors (Lipinski definition) is 23. The molecule has 4 aliphatic heterocycles. The van der Waals surface area contributed by atoms with Crippen LogP contribution in [0.5, 0.6) is 0 Å². The third-order valence-electron chi connectivity index (χ3n) is 18.3. The van der Waals surface area contributed by atoms with Crippen molar-refractivity contribution in [2.24, 2.45) is 22.7 Å². The maximum absolute atomic E-state index is 11.3. The van der Waals surface area contributed by atoms with Crippen LogP contribution >= 0.6 is 11.8 Å². The number of ketones is 2. The zero-order valence-corrected chi connectivity index (χ0v) is 65.4. The number of hydrogen-bond donors (Lipinski definition) is 9. The second-order valence-electron chi connectivity index (χ2n) is 30.2. The minimum Gasteiger partial charge on any atom is -0.481 e. The van der Waals surface area contributed by atoms with Crippen molar-refractivity contribution in [1.82, 2.24) is 0 Å². The summed E-state index contributed by atoms with van der Waals surface area (Å²) < 4.78 is 59.5. The van der Waals surface area contributed by atoms with Gasteiger partial charge in [-0.1, -0.05) is 33.3 Å². The molecule has 0 unspecified atom stereocenters. The van der Waals surface area contributed by atoms with E-state index >= 15 is 0 Å². The number of fused-ring (bicyclic) bond motifs is 1. The number of aliphatic hydroxyl groups excluding tert-OH is 8. The summed E-state index contributed by atoms with van der Waals surface area (Å²) >= 11 is 1.79. The highest BCUT2D eigenvalue weighted by Crippen LogP contribution is 2.47. The fourth-order valence-electron chi connectivity index (χ4n) is 12.6. The zero-order chi connectivity index (χ0) is 75.8. The molecule has 1 aromatic carbocycles. The monoisotopic (exact) mass is 1450 g/mol. The van der Waals surface area contributed by atoms with Gasteiger partial charge in [0, 0.05) is 40.6 Å². The standard InChI is InChI=1S/C12H16OS.C11H20O2.C10H18O3.C10H20O2.C9H18O4.2C8H16O4.C8H14O3/c1-8(2)14-11-6-5-9(3)12(7-11)10(4)13;1-8(2)13-11-6-4-5-10(7-11)9(3)12;1-6(2)13-9-4-3-7-8(11)5-12-10(7)9;1-4-10(7-11)5-9(6-10)12-8(2)3;1-6(2)13-7-3-8(11)9(4-10)12-5-7;2*1-5(2)12-7-4-11-6(3-9)8(7)10;1-6(2)11-5-8(3-4-8)7(9)10/h5-8H,1-4H3;8,10-11H,4-7H2,1-3H3;6-11H,3-5H2,1-2H3;8-9,11H,4-7H2,1-3H3;6-11H,3-5H2,1-2H3;2*5-10H,3-4H2,1-2H3;6H,3-5H2,1-2H3,(H,9,10)/t;10-,11-;7-,8-,9-,10+;;7-,8+,9-;2*6-,7+,8-;/m.01.110./s1.